The molecule has 1 fully saturated rings. The zero-order chi connectivity index (χ0) is 14.4. The van der Waals surface area contributed by atoms with Gasteiger partial charge in [0.25, 0.3) is 0 Å². The van der Waals surface area contributed by atoms with Crippen LogP contribution in [0.15, 0.2) is 22.7 Å². The van der Waals surface area contributed by atoms with Gasteiger partial charge in [0.15, 0.2) is 0 Å². The first kappa shape index (κ1) is 14.2. The highest BCUT2D eigenvalue weighted by Crippen LogP contribution is 2.50. The van der Waals surface area contributed by atoms with E-state index in [1.54, 1.807) is 7.11 Å². The lowest BCUT2D eigenvalue weighted by molar-refractivity contribution is -0.348. The zero-order valence-corrected chi connectivity index (χ0v) is 13.5. The van der Waals surface area contributed by atoms with Gasteiger partial charge < -0.3 is 5.41 Å². The summed E-state index contributed by atoms with van der Waals surface area (Å²) in [4.78, 5) is 10.3. The molecule has 3 nitrogen and oxygen atoms in total. The summed E-state index contributed by atoms with van der Waals surface area (Å²) in [6.07, 6.45) is 4.88. The normalized spacial score (nSPS) is 32.6. The number of halogens is 1. The monoisotopic (exact) mass is 337 g/mol. The molecule has 0 saturated heterocycles. The molecule has 108 valence electrons. The van der Waals surface area contributed by atoms with Crippen molar-refractivity contribution in [1.29, 1.82) is 5.41 Å². The summed E-state index contributed by atoms with van der Waals surface area (Å²) >= 11 is 3.51. The molecule has 2 aliphatic rings. The summed E-state index contributed by atoms with van der Waals surface area (Å²) in [5.41, 5.74) is 3.06. The Labute approximate surface area is 128 Å². The molecule has 20 heavy (non-hydrogen) atoms. The first-order valence-electron chi connectivity index (χ1n) is 7.08. The van der Waals surface area contributed by atoms with E-state index in [0.717, 1.165) is 47.9 Å². The molecule has 0 unspecified atom stereocenters. The predicted molar refractivity (Wildman–Crippen MR) is 82.1 cm³/mol. The van der Waals surface area contributed by atoms with Crippen LogP contribution in [0.3, 0.4) is 0 Å². The van der Waals surface area contributed by atoms with E-state index in [2.05, 4.69) is 41.1 Å². The van der Waals surface area contributed by atoms with Gasteiger partial charge in [0.05, 0.1) is 7.11 Å². The summed E-state index contributed by atoms with van der Waals surface area (Å²) in [6, 6.07) is 6.32. The highest BCUT2D eigenvalue weighted by molar-refractivity contribution is 9.10. The van der Waals surface area contributed by atoms with Gasteiger partial charge in [-0.3, -0.25) is 0 Å². The molecule has 1 N–H and O–H groups in total. The van der Waals surface area contributed by atoms with Crippen molar-refractivity contribution >= 4 is 21.6 Å². The Balaban J connectivity index is 1.82. The number of nitrogens with one attached hydrogen (secondary N) is 1. The quantitative estimate of drug-likeness (QED) is 0.646. The summed E-state index contributed by atoms with van der Waals surface area (Å²) in [6.45, 7) is 2.10. The smallest absolute Gasteiger partial charge is 0.101 e. The maximum Gasteiger partial charge on any atom is 0.101 e. The third-order valence-corrected chi connectivity index (χ3v) is 5.44. The van der Waals surface area contributed by atoms with E-state index in [0.29, 0.717) is 0 Å². The summed E-state index contributed by atoms with van der Waals surface area (Å²) < 4.78 is 1.06. The molecule has 0 amide bonds. The van der Waals surface area contributed by atoms with Crippen LogP contribution < -0.4 is 0 Å². The topological polar surface area (TPSA) is 42.3 Å². The van der Waals surface area contributed by atoms with Crippen LogP contribution in [-0.4, -0.2) is 18.4 Å². The lowest BCUT2D eigenvalue weighted by Crippen LogP contribution is -2.41. The third-order valence-electron chi connectivity index (χ3n) is 4.95. The largest absolute Gasteiger partial charge is 0.304 e. The summed E-state index contributed by atoms with van der Waals surface area (Å²) in [7, 11) is 1.57. The highest BCUT2D eigenvalue weighted by Gasteiger charge is 2.48. The SMILES string of the molecule is COOC1(C)CCC2(CC1)Cc1ccc(Br)cc1C2=N. The van der Waals surface area contributed by atoms with Crippen molar-refractivity contribution < 1.29 is 9.78 Å². The Morgan fingerprint density at radius 2 is 1.90 bits per heavy atom. The van der Waals surface area contributed by atoms with Crippen LogP contribution in [0, 0.1) is 10.8 Å². The van der Waals surface area contributed by atoms with Crippen LogP contribution in [0.4, 0.5) is 0 Å². The van der Waals surface area contributed by atoms with E-state index in [1.807, 2.05) is 0 Å². The fraction of sp³-hybridized carbons (Fsp3) is 0.562. The van der Waals surface area contributed by atoms with Crippen molar-refractivity contribution in [2.45, 2.75) is 44.6 Å². The number of hydrogen-bond donors (Lipinski definition) is 1. The van der Waals surface area contributed by atoms with Crippen molar-refractivity contribution in [2.75, 3.05) is 7.11 Å². The van der Waals surface area contributed by atoms with Crippen LogP contribution in [-0.2, 0) is 16.2 Å². The van der Waals surface area contributed by atoms with Gasteiger partial charge in [0.1, 0.15) is 5.60 Å². The Hall–Kier alpha value is -0.710. The molecule has 4 heteroatoms. The lowest BCUT2D eigenvalue weighted by atomic mass is 9.67. The van der Waals surface area contributed by atoms with Gasteiger partial charge in [-0.25, -0.2) is 9.78 Å². The molecule has 0 heterocycles. The van der Waals surface area contributed by atoms with Crippen molar-refractivity contribution in [3.63, 3.8) is 0 Å². The second-order valence-electron chi connectivity index (χ2n) is 6.33. The molecule has 1 saturated carbocycles. The Bertz CT molecular complexity index is 547. The van der Waals surface area contributed by atoms with Crippen LogP contribution in [0.5, 0.6) is 0 Å². The average Bonchev–Trinajstić information content (AvgIpc) is 2.68. The minimum atomic E-state index is -0.199. The van der Waals surface area contributed by atoms with Crippen LogP contribution in [0.25, 0.3) is 0 Å². The predicted octanol–water partition coefficient (Wildman–Crippen LogP) is 4.27. The molecule has 1 aromatic rings. The Morgan fingerprint density at radius 3 is 2.55 bits per heavy atom. The molecule has 0 aliphatic heterocycles. The van der Waals surface area contributed by atoms with Gasteiger partial charge in [-0.05, 0) is 56.7 Å². The lowest BCUT2D eigenvalue weighted by Gasteiger charge is -2.41. The number of fused-ring (bicyclic) bond motifs is 1. The molecule has 0 radical (unpaired) electrons. The van der Waals surface area contributed by atoms with Gasteiger partial charge in [0, 0.05) is 21.2 Å². The van der Waals surface area contributed by atoms with Gasteiger partial charge in [-0.2, -0.15) is 0 Å². The minimum Gasteiger partial charge on any atom is -0.304 e. The van der Waals surface area contributed by atoms with E-state index >= 15 is 0 Å². The van der Waals surface area contributed by atoms with E-state index in [9.17, 15) is 0 Å². The van der Waals surface area contributed by atoms with E-state index in [1.165, 1.54) is 5.56 Å². The van der Waals surface area contributed by atoms with Crippen molar-refractivity contribution in [2.24, 2.45) is 5.41 Å². The Morgan fingerprint density at radius 1 is 1.20 bits per heavy atom. The van der Waals surface area contributed by atoms with E-state index in [4.69, 9.17) is 15.2 Å². The summed E-state index contributed by atoms with van der Waals surface area (Å²) in [5.74, 6) is 0. The maximum absolute atomic E-state index is 8.61. The van der Waals surface area contributed by atoms with E-state index < -0.39 is 0 Å². The molecule has 0 atom stereocenters. The molecule has 3 rings (SSSR count). The zero-order valence-electron chi connectivity index (χ0n) is 12.0. The average molecular weight is 338 g/mol. The van der Waals surface area contributed by atoms with Gasteiger partial charge in [-0.1, -0.05) is 22.0 Å². The standard InChI is InChI=1S/C16H20BrNO2/c1-15(20-19-2)5-7-16(8-6-15)10-11-3-4-12(17)9-13(11)14(16)18/h3-4,9,18H,5-8,10H2,1-2H3. The van der Waals surface area contributed by atoms with Crippen LogP contribution in [0.1, 0.15) is 43.7 Å². The molecular weight excluding hydrogens is 318 g/mol. The van der Waals surface area contributed by atoms with Crippen LogP contribution in [0.2, 0.25) is 0 Å². The second kappa shape index (κ2) is 4.93. The molecule has 1 spiro atoms. The van der Waals surface area contributed by atoms with Crippen molar-refractivity contribution in [3.05, 3.63) is 33.8 Å². The third kappa shape index (κ3) is 2.24. The van der Waals surface area contributed by atoms with Crippen LogP contribution >= 0.6 is 15.9 Å². The van der Waals surface area contributed by atoms with Gasteiger partial charge >= 0.3 is 0 Å². The fourth-order valence-electron chi connectivity index (χ4n) is 3.64. The maximum atomic E-state index is 8.61. The minimum absolute atomic E-state index is 0.0136. The molecular formula is C16H20BrNO2. The second-order valence-corrected chi connectivity index (χ2v) is 7.25. The number of hydrogen-bond acceptors (Lipinski definition) is 3. The molecule has 2 aliphatic carbocycles. The molecule has 0 aromatic heterocycles. The first-order chi connectivity index (χ1) is 9.48. The van der Waals surface area contributed by atoms with E-state index in [-0.39, 0.29) is 11.0 Å². The molecule has 1 aromatic carbocycles. The summed E-state index contributed by atoms with van der Waals surface area (Å²) in [5, 5.41) is 8.61. The Kier molecular flexibility index (Phi) is 3.51. The first-order valence-corrected chi connectivity index (χ1v) is 7.87. The highest BCUT2D eigenvalue weighted by atomic mass is 79.9. The number of benzene rings is 1. The van der Waals surface area contributed by atoms with Crippen molar-refractivity contribution in [3.8, 4) is 0 Å². The fourth-order valence-corrected chi connectivity index (χ4v) is 4.00. The van der Waals surface area contributed by atoms with Gasteiger partial charge in [-0.15, -0.1) is 0 Å². The molecule has 0 bridgehead atoms. The van der Waals surface area contributed by atoms with Gasteiger partial charge in [0.2, 0.25) is 0 Å². The van der Waals surface area contributed by atoms with Crippen molar-refractivity contribution in [1.82, 2.24) is 0 Å². The number of rotatable bonds is 2.